The van der Waals surface area contributed by atoms with E-state index in [1.165, 1.54) is 50.9 Å². The first-order chi connectivity index (χ1) is 10.3. The third-order valence-electron chi connectivity index (χ3n) is 4.17. The standard InChI is InChI=1S/C17H22FN3/c18-16-7-5-15(6-8-16)17-19-9-12-21(17)14-13-20-10-3-1-2-4-11-20/h5-9,12H,1-4,10-11,13-14H2. The highest BCUT2D eigenvalue weighted by atomic mass is 19.1. The Morgan fingerprint density at radius 2 is 1.67 bits per heavy atom. The Morgan fingerprint density at radius 3 is 2.38 bits per heavy atom. The highest BCUT2D eigenvalue weighted by Gasteiger charge is 2.11. The van der Waals surface area contributed by atoms with Crippen molar-refractivity contribution in [2.75, 3.05) is 19.6 Å². The molecule has 0 spiro atoms. The van der Waals surface area contributed by atoms with Crippen LogP contribution in [0.25, 0.3) is 11.4 Å². The number of hydrogen-bond acceptors (Lipinski definition) is 2. The van der Waals surface area contributed by atoms with Gasteiger partial charge in [0.05, 0.1) is 0 Å². The molecule has 0 unspecified atom stereocenters. The lowest BCUT2D eigenvalue weighted by Crippen LogP contribution is -2.28. The first kappa shape index (κ1) is 14.3. The van der Waals surface area contributed by atoms with Crippen molar-refractivity contribution in [3.8, 4) is 11.4 Å². The third-order valence-corrected chi connectivity index (χ3v) is 4.17. The monoisotopic (exact) mass is 287 g/mol. The molecule has 1 aromatic heterocycles. The van der Waals surface area contributed by atoms with Crippen LogP contribution in [0.15, 0.2) is 36.7 Å². The number of rotatable bonds is 4. The maximum Gasteiger partial charge on any atom is 0.139 e. The molecule has 3 rings (SSSR count). The van der Waals surface area contributed by atoms with Crippen LogP contribution in [-0.4, -0.2) is 34.1 Å². The molecule has 0 saturated carbocycles. The van der Waals surface area contributed by atoms with Gasteiger partial charge in [-0.2, -0.15) is 0 Å². The normalized spacial score (nSPS) is 16.8. The summed E-state index contributed by atoms with van der Waals surface area (Å²) < 4.78 is 15.2. The molecule has 0 amide bonds. The van der Waals surface area contributed by atoms with E-state index in [1.54, 1.807) is 12.1 Å². The van der Waals surface area contributed by atoms with Gasteiger partial charge >= 0.3 is 0 Å². The largest absolute Gasteiger partial charge is 0.330 e. The highest BCUT2D eigenvalue weighted by Crippen LogP contribution is 2.18. The molecule has 3 nitrogen and oxygen atoms in total. The van der Waals surface area contributed by atoms with Gasteiger partial charge in [-0.3, -0.25) is 0 Å². The average Bonchev–Trinajstić information content (AvgIpc) is 2.81. The van der Waals surface area contributed by atoms with Crippen LogP contribution in [0, 0.1) is 5.82 Å². The Morgan fingerprint density at radius 1 is 0.952 bits per heavy atom. The van der Waals surface area contributed by atoms with Gasteiger partial charge < -0.3 is 9.47 Å². The van der Waals surface area contributed by atoms with Crippen molar-refractivity contribution in [3.05, 3.63) is 42.5 Å². The maximum absolute atomic E-state index is 13.0. The molecule has 2 heterocycles. The molecule has 1 aliphatic rings. The van der Waals surface area contributed by atoms with Gasteiger partial charge in [0.2, 0.25) is 0 Å². The van der Waals surface area contributed by atoms with Crippen molar-refractivity contribution in [1.29, 1.82) is 0 Å². The smallest absolute Gasteiger partial charge is 0.139 e. The topological polar surface area (TPSA) is 21.1 Å². The number of halogens is 1. The van der Waals surface area contributed by atoms with Gasteiger partial charge in [-0.25, -0.2) is 9.37 Å². The first-order valence-corrected chi connectivity index (χ1v) is 7.82. The summed E-state index contributed by atoms with van der Waals surface area (Å²) >= 11 is 0. The first-order valence-electron chi connectivity index (χ1n) is 7.82. The molecule has 0 radical (unpaired) electrons. The summed E-state index contributed by atoms with van der Waals surface area (Å²) in [4.78, 5) is 6.96. The Labute approximate surface area is 125 Å². The van der Waals surface area contributed by atoms with E-state index in [0.717, 1.165) is 24.5 Å². The fourth-order valence-electron chi connectivity index (χ4n) is 2.96. The summed E-state index contributed by atoms with van der Waals surface area (Å²) in [6.45, 7) is 4.42. The van der Waals surface area contributed by atoms with E-state index in [-0.39, 0.29) is 5.82 Å². The van der Waals surface area contributed by atoms with Gasteiger partial charge in [0.1, 0.15) is 11.6 Å². The Hall–Kier alpha value is -1.68. The molecular formula is C17H22FN3. The van der Waals surface area contributed by atoms with E-state index in [1.807, 2.05) is 12.4 Å². The van der Waals surface area contributed by atoms with Gasteiger partial charge in [0.15, 0.2) is 0 Å². The number of aromatic nitrogens is 2. The predicted octanol–water partition coefficient (Wildman–Crippen LogP) is 3.57. The average molecular weight is 287 g/mol. The fourth-order valence-corrected chi connectivity index (χ4v) is 2.96. The zero-order valence-corrected chi connectivity index (χ0v) is 12.3. The quantitative estimate of drug-likeness (QED) is 0.857. The van der Waals surface area contributed by atoms with Crippen molar-refractivity contribution in [3.63, 3.8) is 0 Å². The Kier molecular flexibility index (Phi) is 4.65. The molecule has 1 aliphatic heterocycles. The molecule has 0 aliphatic carbocycles. The van der Waals surface area contributed by atoms with Crippen LogP contribution < -0.4 is 0 Å². The van der Waals surface area contributed by atoms with Crippen LogP contribution in [-0.2, 0) is 6.54 Å². The van der Waals surface area contributed by atoms with Gasteiger partial charge in [-0.15, -0.1) is 0 Å². The highest BCUT2D eigenvalue weighted by molar-refractivity contribution is 5.55. The molecule has 0 bridgehead atoms. The fraction of sp³-hybridized carbons (Fsp3) is 0.471. The van der Waals surface area contributed by atoms with E-state index in [4.69, 9.17) is 0 Å². The Balaban J connectivity index is 1.66. The van der Waals surface area contributed by atoms with Crippen molar-refractivity contribution < 1.29 is 4.39 Å². The molecule has 1 fully saturated rings. The number of benzene rings is 1. The summed E-state index contributed by atoms with van der Waals surface area (Å²) in [5.41, 5.74) is 0.970. The van der Waals surface area contributed by atoms with Crippen LogP contribution in [0.1, 0.15) is 25.7 Å². The number of nitrogens with zero attached hydrogens (tertiary/aromatic N) is 3. The summed E-state index contributed by atoms with van der Waals surface area (Å²) in [5, 5.41) is 0. The lowest BCUT2D eigenvalue weighted by atomic mass is 10.2. The van der Waals surface area contributed by atoms with Crippen molar-refractivity contribution in [2.24, 2.45) is 0 Å². The Bertz CT molecular complexity index is 554. The molecule has 0 atom stereocenters. The van der Waals surface area contributed by atoms with Crippen molar-refractivity contribution in [2.45, 2.75) is 32.2 Å². The summed E-state index contributed by atoms with van der Waals surface area (Å²) in [7, 11) is 0. The van der Waals surface area contributed by atoms with E-state index in [9.17, 15) is 4.39 Å². The third kappa shape index (κ3) is 3.70. The second-order valence-electron chi connectivity index (χ2n) is 5.71. The molecule has 1 saturated heterocycles. The van der Waals surface area contributed by atoms with Crippen LogP contribution in [0.3, 0.4) is 0 Å². The lowest BCUT2D eigenvalue weighted by Gasteiger charge is -2.20. The second-order valence-corrected chi connectivity index (χ2v) is 5.71. The minimum Gasteiger partial charge on any atom is -0.330 e. The van der Waals surface area contributed by atoms with Gasteiger partial charge in [0.25, 0.3) is 0 Å². The van der Waals surface area contributed by atoms with Crippen LogP contribution in [0.4, 0.5) is 4.39 Å². The molecule has 112 valence electrons. The van der Waals surface area contributed by atoms with E-state index in [0.29, 0.717) is 0 Å². The molecule has 1 aromatic carbocycles. The zero-order chi connectivity index (χ0) is 14.5. The van der Waals surface area contributed by atoms with Gasteiger partial charge in [-0.1, -0.05) is 12.8 Å². The molecule has 0 N–H and O–H groups in total. The van der Waals surface area contributed by atoms with Crippen molar-refractivity contribution in [1.82, 2.24) is 14.5 Å². The minimum atomic E-state index is -0.207. The zero-order valence-electron chi connectivity index (χ0n) is 12.3. The van der Waals surface area contributed by atoms with Crippen molar-refractivity contribution >= 4 is 0 Å². The van der Waals surface area contributed by atoms with E-state index in [2.05, 4.69) is 14.5 Å². The maximum atomic E-state index is 13.0. The number of hydrogen-bond donors (Lipinski definition) is 0. The van der Waals surface area contributed by atoms with Crippen LogP contribution in [0.5, 0.6) is 0 Å². The predicted molar refractivity (Wildman–Crippen MR) is 82.5 cm³/mol. The SMILES string of the molecule is Fc1ccc(-c2nccn2CCN2CCCCCC2)cc1. The molecule has 21 heavy (non-hydrogen) atoms. The molecule has 2 aromatic rings. The molecule has 4 heteroatoms. The van der Waals surface area contributed by atoms with E-state index >= 15 is 0 Å². The summed E-state index contributed by atoms with van der Waals surface area (Å²) in [6.07, 6.45) is 9.19. The summed E-state index contributed by atoms with van der Waals surface area (Å²) in [6, 6.07) is 6.56. The number of likely N-dealkylation sites (tertiary alicyclic amines) is 1. The van der Waals surface area contributed by atoms with E-state index < -0.39 is 0 Å². The lowest BCUT2D eigenvalue weighted by molar-refractivity contribution is 0.274. The van der Waals surface area contributed by atoms with Gasteiger partial charge in [-0.05, 0) is 50.2 Å². The number of imidazole rings is 1. The summed E-state index contributed by atoms with van der Waals surface area (Å²) in [5.74, 6) is 0.714. The van der Waals surface area contributed by atoms with Crippen LogP contribution in [0.2, 0.25) is 0 Å². The van der Waals surface area contributed by atoms with Crippen LogP contribution >= 0.6 is 0 Å². The van der Waals surface area contributed by atoms with Gasteiger partial charge in [0, 0.05) is 31.0 Å². The second kappa shape index (κ2) is 6.85. The minimum absolute atomic E-state index is 0.207. The molecular weight excluding hydrogens is 265 g/mol.